The molecule has 3 nitrogen and oxygen atoms in total. The summed E-state index contributed by atoms with van der Waals surface area (Å²) in [6, 6.07) is 3.05. The minimum Gasteiger partial charge on any atom is -0.508 e. The molecule has 0 bridgehead atoms. The molecule has 1 aromatic carbocycles. The van der Waals surface area contributed by atoms with E-state index in [2.05, 4.69) is 0 Å². The molecule has 0 spiro atoms. The number of anilines is 1. The van der Waals surface area contributed by atoms with E-state index >= 15 is 0 Å². The van der Waals surface area contributed by atoms with Crippen LogP contribution in [0.2, 0.25) is 0 Å². The number of fused-ring (bicyclic) bond motifs is 1. The molecule has 0 saturated carbocycles. The molecule has 1 heterocycles. The second kappa shape index (κ2) is 3.90. The molecule has 0 radical (unpaired) electrons. The van der Waals surface area contributed by atoms with Gasteiger partial charge in [0.15, 0.2) is 0 Å². The molecule has 17 heavy (non-hydrogen) atoms. The van der Waals surface area contributed by atoms with E-state index in [1.54, 1.807) is 0 Å². The number of benzene rings is 1. The molecule has 2 aromatic rings. The van der Waals surface area contributed by atoms with Crippen molar-refractivity contribution < 1.29 is 9.50 Å². The van der Waals surface area contributed by atoms with Crippen LogP contribution in [0.25, 0.3) is 10.1 Å². The molecule has 88 valence electrons. The highest BCUT2D eigenvalue weighted by molar-refractivity contribution is 7.23. The molecular weight excluding hydrogens is 239 g/mol. The fraction of sp³-hybridized carbons (Fsp3) is 0.250. The first-order valence-corrected chi connectivity index (χ1v) is 5.92. The van der Waals surface area contributed by atoms with Crippen LogP contribution in [-0.4, -0.2) is 5.11 Å². The lowest BCUT2D eigenvalue weighted by molar-refractivity contribution is 0.461. The quantitative estimate of drug-likeness (QED) is 0.815. The van der Waals surface area contributed by atoms with E-state index in [4.69, 9.17) is 11.0 Å². The van der Waals surface area contributed by atoms with Crippen LogP contribution in [0.15, 0.2) is 6.07 Å². The minimum absolute atomic E-state index is 0.0146. The molecule has 0 aliphatic rings. The van der Waals surface area contributed by atoms with Crippen LogP contribution in [0.3, 0.4) is 0 Å². The third-order valence-corrected chi connectivity index (χ3v) is 3.68. The predicted molar refractivity (Wildman–Crippen MR) is 66.7 cm³/mol. The maximum Gasteiger partial charge on any atom is 0.144 e. The lowest BCUT2D eigenvalue weighted by Gasteiger charge is -2.10. The van der Waals surface area contributed by atoms with Crippen molar-refractivity contribution in [3.63, 3.8) is 0 Å². The Kier molecular flexibility index (Phi) is 2.68. The number of nitrogens with two attached hydrogens (primary N) is 1. The number of nitriles is 1. The Morgan fingerprint density at radius 1 is 1.53 bits per heavy atom. The average molecular weight is 250 g/mol. The second-order valence-electron chi connectivity index (χ2n) is 4.10. The van der Waals surface area contributed by atoms with E-state index in [1.807, 2.05) is 19.9 Å². The van der Waals surface area contributed by atoms with Gasteiger partial charge >= 0.3 is 0 Å². The van der Waals surface area contributed by atoms with Crippen molar-refractivity contribution in [2.24, 2.45) is 0 Å². The highest BCUT2D eigenvalue weighted by Gasteiger charge is 2.21. The highest BCUT2D eigenvalue weighted by Crippen LogP contribution is 2.43. The summed E-state index contributed by atoms with van der Waals surface area (Å²) >= 11 is 1.04. The molecule has 0 unspecified atom stereocenters. The van der Waals surface area contributed by atoms with E-state index in [1.165, 1.54) is 0 Å². The van der Waals surface area contributed by atoms with Gasteiger partial charge in [0.25, 0.3) is 0 Å². The molecule has 5 heteroatoms. The Balaban J connectivity index is 3.03. The Morgan fingerprint density at radius 2 is 2.18 bits per heavy atom. The summed E-state index contributed by atoms with van der Waals surface area (Å²) in [5, 5.41) is 19.6. The number of thiophene rings is 1. The van der Waals surface area contributed by atoms with Gasteiger partial charge in [-0.2, -0.15) is 5.26 Å². The Labute approximate surface area is 102 Å². The van der Waals surface area contributed by atoms with Gasteiger partial charge in [0.1, 0.15) is 22.6 Å². The van der Waals surface area contributed by atoms with Gasteiger partial charge < -0.3 is 10.8 Å². The zero-order chi connectivity index (χ0) is 12.7. The summed E-state index contributed by atoms with van der Waals surface area (Å²) in [6.45, 7) is 3.75. The van der Waals surface area contributed by atoms with Gasteiger partial charge in [-0.3, -0.25) is 0 Å². The van der Waals surface area contributed by atoms with Crippen LogP contribution in [-0.2, 0) is 0 Å². The third kappa shape index (κ3) is 1.61. The second-order valence-corrected chi connectivity index (χ2v) is 5.16. The van der Waals surface area contributed by atoms with Gasteiger partial charge in [-0.15, -0.1) is 11.3 Å². The smallest absolute Gasteiger partial charge is 0.144 e. The SMILES string of the molecule is CC(C)c1c(O)cc(F)c2sc(N)c(C#N)c12. The van der Waals surface area contributed by atoms with Crippen LogP contribution < -0.4 is 5.73 Å². The Hall–Kier alpha value is -1.80. The summed E-state index contributed by atoms with van der Waals surface area (Å²) in [7, 11) is 0. The summed E-state index contributed by atoms with van der Waals surface area (Å²) in [5.41, 5.74) is 6.53. The fourth-order valence-electron chi connectivity index (χ4n) is 1.96. The van der Waals surface area contributed by atoms with E-state index in [0.717, 1.165) is 17.4 Å². The monoisotopic (exact) mass is 250 g/mol. The summed E-state index contributed by atoms with van der Waals surface area (Å²) in [4.78, 5) is 0. The molecule has 0 amide bonds. The van der Waals surface area contributed by atoms with Crippen molar-refractivity contribution in [3.05, 3.63) is 23.0 Å². The number of nitrogen functional groups attached to an aromatic ring is 1. The molecule has 0 saturated heterocycles. The van der Waals surface area contributed by atoms with Crippen LogP contribution >= 0.6 is 11.3 Å². The fourth-order valence-corrected chi connectivity index (χ4v) is 2.90. The number of halogens is 1. The first-order valence-electron chi connectivity index (χ1n) is 5.10. The van der Waals surface area contributed by atoms with Gasteiger partial charge in [-0.05, 0) is 5.92 Å². The molecule has 0 aliphatic heterocycles. The lowest BCUT2D eigenvalue weighted by Crippen LogP contribution is -1.93. The maximum absolute atomic E-state index is 13.7. The summed E-state index contributed by atoms with van der Waals surface area (Å²) in [5.74, 6) is -0.682. The summed E-state index contributed by atoms with van der Waals surface area (Å²) in [6.07, 6.45) is 0. The zero-order valence-electron chi connectivity index (χ0n) is 9.41. The first-order chi connectivity index (χ1) is 7.97. The number of hydrogen-bond donors (Lipinski definition) is 2. The van der Waals surface area contributed by atoms with Crippen molar-refractivity contribution in [1.29, 1.82) is 5.26 Å². The topological polar surface area (TPSA) is 70.0 Å². The van der Waals surface area contributed by atoms with E-state index in [0.29, 0.717) is 15.6 Å². The van der Waals surface area contributed by atoms with E-state index in [-0.39, 0.29) is 22.2 Å². The van der Waals surface area contributed by atoms with Crippen LogP contribution in [0.4, 0.5) is 9.39 Å². The van der Waals surface area contributed by atoms with Gasteiger partial charge in [0.05, 0.1) is 10.3 Å². The average Bonchev–Trinajstić information content (AvgIpc) is 2.54. The van der Waals surface area contributed by atoms with Crippen molar-refractivity contribution in [2.75, 3.05) is 5.73 Å². The predicted octanol–water partition coefficient (Wildman–Crippen LogP) is 3.32. The standard InChI is InChI=1S/C12H11FN2OS/c1-5(2)9-8(16)3-7(13)11-10(9)6(4-14)12(15)17-11/h3,5,16H,15H2,1-2H3. The molecule has 1 aromatic heterocycles. The molecule has 0 atom stereocenters. The van der Waals surface area contributed by atoms with Crippen molar-refractivity contribution >= 4 is 26.4 Å². The third-order valence-electron chi connectivity index (χ3n) is 2.65. The maximum atomic E-state index is 13.7. The van der Waals surface area contributed by atoms with Crippen molar-refractivity contribution in [1.82, 2.24) is 0 Å². The first kappa shape index (κ1) is 11.7. The molecule has 0 aliphatic carbocycles. The molecule has 2 rings (SSSR count). The molecule has 0 fully saturated rings. The molecular formula is C12H11FN2OS. The zero-order valence-corrected chi connectivity index (χ0v) is 10.2. The number of nitrogens with zero attached hydrogens (tertiary/aromatic N) is 1. The van der Waals surface area contributed by atoms with Crippen LogP contribution in [0.1, 0.15) is 30.9 Å². The Bertz CT molecular complexity index is 640. The Morgan fingerprint density at radius 3 is 2.71 bits per heavy atom. The normalized spacial score (nSPS) is 11.0. The van der Waals surface area contributed by atoms with Gasteiger partial charge in [0.2, 0.25) is 0 Å². The van der Waals surface area contributed by atoms with E-state index < -0.39 is 5.82 Å². The number of aromatic hydroxyl groups is 1. The number of rotatable bonds is 1. The largest absolute Gasteiger partial charge is 0.508 e. The summed E-state index contributed by atoms with van der Waals surface area (Å²) < 4.78 is 14.0. The van der Waals surface area contributed by atoms with Gasteiger partial charge in [-0.25, -0.2) is 4.39 Å². The number of phenolic OH excluding ortho intramolecular Hbond substituents is 1. The highest BCUT2D eigenvalue weighted by atomic mass is 32.1. The van der Waals surface area contributed by atoms with Crippen molar-refractivity contribution in [3.8, 4) is 11.8 Å². The van der Waals surface area contributed by atoms with Crippen molar-refractivity contribution in [2.45, 2.75) is 19.8 Å². The lowest BCUT2D eigenvalue weighted by atomic mass is 9.96. The van der Waals surface area contributed by atoms with E-state index in [9.17, 15) is 9.50 Å². The van der Waals surface area contributed by atoms with Crippen LogP contribution in [0.5, 0.6) is 5.75 Å². The van der Waals surface area contributed by atoms with Crippen LogP contribution in [0, 0.1) is 17.1 Å². The minimum atomic E-state index is -0.542. The van der Waals surface area contributed by atoms with Gasteiger partial charge in [0, 0.05) is 17.0 Å². The van der Waals surface area contributed by atoms with Gasteiger partial charge in [-0.1, -0.05) is 13.8 Å². The number of phenols is 1. The number of hydrogen-bond acceptors (Lipinski definition) is 4. The molecule has 3 N–H and O–H groups in total.